The number of hydrogen-bond donors (Lipinski definition) is 0. The fourth-order valence-corrected chi connectivity index (χ4v) is 3.82. The first-order valence-electron chi connectivity index (χ1n) is 14.7. The van der Waals surface area contributed by atoms with Crippen LogP contribution in [0.3, 0.4) is 0 Å². The molecule has 0 aliphatic rings. The summed E-state index contributed by atoms with van der Waals surface area (Å²) in [5.74, 6) is 1.89. The molecular formula is C35H42N2O5. The Morgan fingerprint density at radius 2 is 1.26 bits per heavy atom. The second-order valence-electron chi connectivity index (χ2n) is 9.71. The Morgan fingerprint density at radius 1 is 0.690 bits per heavy atom. The summed E-state index contributed by atoms with van der Waals surface area (Å²) in [6.45, 7) is 11.4. The van der Waals surface area contributed by atoms with Crippen LogP contribution in [-0.2, 0) is 0 Å². The Kier molecular flexibility index (Phi) is 14.4. The van der Waals surface area contributed by atoms with Crippen molar-refractivity contribution in [3.63, 3.8) is 0 Å². The van der Waals surface area contributed by atoms with E-state index >= 15 is 0 Å². The van der Waals surface area contributed by atoms with E-state index < -0.39 is 5.97 Å². The van der Waals surface area contributed by atoms with Gasteiger partial charge < -0.3 is 18.9 Å². The quantitative estimate of drug-likeness (QED) is 0.0444. The van der Waals surface area contributed by atoms with E-state index in [4.69, 9.17) is 18.9 Å². The van der Waals surface area contributed by atoms with Crippen LogP contribution in [0.4, 0.5) is 11.4 Å². The van der Waals surface area contributed by atoms with Crippen LogP contribution < -0.4 is 18.9 Å². The molecule has 7 heteroatoms. The minimum absolute atomic E-state index is 0.358. The van der Waals surface area contributed by atoms with Crippen LogP contribution in [-0.4, -0.2) is 25.8 Å². The highest BCUT2D eigenvalue weighted by molar-refractivity contribution is 5.91. The first-order valence-corrected chi connectivity index (χ1v) is 14.7. The molecule has 3 aromatic carbocycles. The minimum atomic E-state index is -0.472. The Hall–Kier alpha value is -4.39. The van der Waals surface area contributed by atoms with Crippen LogP contribution in [0.25, 0.3) is 0 Å². The van der Waals surface area contributed by atoms with Crippen molar-refractivity contribution in [3.05, 3.63) is 97.6 Å². The molecule has 7 nitrogen and oxygen atoms in total. The van der Waals surface area contributed by atoms with E-state index in [0.717, 1.165) is 57.1 Å². The highest BCUT2D eigenvalue weighted by Crippen LogP contribution is 2.34. The summed E-state index contributed by atoms with van der Waals surface area (Å²) >= 11 is 0. The summed E-state index contributed by atoms with van der Waals surface area (Å²) in [6, 6.07) is 19.5. The van der Waals surface area contributed by atoms with E-state index in [-0.39, 0.29) is 0 Å². The van der Waals surface area contributed by atoms with Crippen molar-refractivity contribution < 1.29 is 23.7 Å². The number of carbonyl (C=O) groups excluding carboxylic acids is 1. The van der Waals surface area contributed by atoms with Gasteiger partial charge in [-0.3, -0.25) is 0 Å². The predicted octanol–water partition coefficient (Wildman–Crippen LogP) is 9.97. The second-order valence-corrected chi connectivity index (χ2v) is 9.71. The fraction of sp³-hybridized carbons (Fsp3) is 0.343. The molecule has 0 aliphatic carbocycles. The van der Waals surface area contributed by atoms with Gasteiger partial charge in [0.25, 0.3) is 0 Å². The van der Waals surface area contributed by atoms with Crippen LogP contribution in [0.1, 0.15) is 68.6 Å². The fourth-order valence-electron chi connectivity index (χ4n) is 3.82. The molecule has 0 atom stereocenters. The van der Waals surface area contributed by atoms with Gasteiger partial charge in [-0.05, 0) is 106 Å². The molecule has 0 saturated carbocycles. The van der Waals surface area contributed by atoms with Crippen molar-refractivity contribution in [2.24, 2.45) is 10.2 Å². The van der Waals surface area contributed by atoms with Crippen molar-refractivity contribution in [3.8, 4) is 23.0 Å². The molecule has 0 saturated heterocycles. The molecule has 0 aromatic heterocycles. The topological polar surface area (TPSA) is 78.7 Å². The van der Waals surface area contributed by atoms with Crippen molar-refractivity contribution >= 4 is 17.3 Å². The van der Waals surface area contributed by atoms with Gasteiger partial charge in [0, 0.05) is 6.07 Å². The minimum Gasteiger partial charge on any atom is -0.494 e. The zero-order chi connectivity index (χ0) is 29.8. The number of esters is 1. The molecule has 0 heterocycles. The monoisotopic (exact) mass is 570 g/mol. The maximum Gasteiger partial charge on any atom is 0.343 e. The predicted molar refractivity (Wildman–Crippen MR) is 168 cm³/mol. The van der Waals surface area contributed by atoms with Gasteiger partial charge in [0.05, 0.1) is 31.1 Å². The van der Waals surface area contributed by atoms with Crippen LogP contribution >= 0.6 is 0 Å². The molecule has 0 fully saturated rings. The van der Waals surface area contributed by atoms with Crippen LogP contribution in [0.2, 0.25) is 0 Å². The molecule has 0 N–H and O–H groups in total. The molecular weight excluding hydrogens is 528 g/mol. The molecule has 0 aliphatic heterocycles. The summed E-state index contributed by atoms with van der Waals surface area (Å²) in [7, 11) is 0. The summed E-state index contributed by atoms with van der Waals surface area (Å²) in [6.07, 6.45) is 11.6. The molecule has 3 rings (SSSR count). The van der Waals surface area contributed by atoms with Crippen molar-refractivity contribution in [2.75, 3.05) is 19.8 Å². The molecule has 0 spiro atoms. The standard InChI is InChI=1S/C35H42N2O5/c1-4-7-10-12-25-40-30-18-14-28(15-19-30)35(38)42-32-22-23-33(34(27-32)41-26-13-11-8-5-2)37-36-29-16-20-31(21-17-29)39-24-9-6-3/h4-5,14-23,27H,1-2,6-13,24-26H2,3H3. The highest BCUT2D eigenvalue weighted by Gasteiger charge is 2.12. The van der Waals surface area contributed by atoms with Crippen molar-refractivity contribution in [2.45, 2.75) is 58.3 Å². The average Bonchev–Trinajstić information content (AvgIpc) is 3.01. The molecule has 0 amide bonds. The summed E-state index contributed by atoms with van der Waals surface area (Å²) < 4.78 is 23.1. The van der Waals surface area contributed by atoms with E-state index in [9.17, 15) is 4.79 Å². The smallest absolute Gasteiger partial charge is 0.343 e. The Morgan fingerprint density at radius 3 is 1.88 bits per heavy atom. The lowest BCUT2D eigenvalue weighted by Gasteiger charge is -2.11. The Balaban J connectivity index is 1.65. The number of azo groups is 1. The summed E-state index contributed by atoms with van der Waals surface area (Å²) in [5.41, 5.74) is 1.65. The van der Waals surface area contributed by atoms with Gasteiger partial charge in [-0.15, -0.1) is 18.3 Å². The first kappa shape index (κ1) is 32.1. The number of rotatable bonds is 20. The maximum atomic E-state index is 12.8. The van der Waals surface area contributed by atoms with Gasteiger partial charge >= 0.3 is 5.97 Å². The zero-order valence-corrected chi connectivity index (χ0v) is 24.6. The third kappa shape index (κ3) is 11.6. The molecule has 3 aromatic rings. The number of nitrogens with zero attached hydrogens (tertiary/aromatic N) is 2. The average molecular weight is 571 g/mol. The molecule has 42 heavy (non-hydrogen) atoms. The van der Waals surface area contributed by atoms with Gasteiger partial charge in [0.1, 0.15) is 22.9 Å². The van der Waals surface area contributed by atoms with Gasteiger partial charge in [0.2, 0.25) is 0 Å². The lowest BCUT2D eigenvalue weighted by atomic mass is 10.2. The molecule has 0 radical (unpaired) electrons. The number of allylic oxidation sites excluding steroid dienone is 2. The third-order valence-electron chi connectivity index (χ3n) is 6.24. The molecule has 0 unspecified atom stereocenters. The third-order valence-corrected chi connectivity index (χ3v) is 6.24. The number of carbonyl (C=O) groups is 1. The SMILES string of the molecule is C=CCCCCOc1ccc(C(=O)Oc2ccc(N=Nc3ccc(OCCCC)cc3)c(OCCCCC=C)c2)cc1. The van der Waals surface area contributed by atoms with Gasteiger partial charge in [-0.25, -0.2) is 4.79 Å². The summed E-state index contributed by atoms with van der Waals surface area (Å²) in [4.78, 5) is 12.8. The number of unbranched alkanes of at least 4 members (excludes halogenated alkanes) is 5. The highest BCUT2D eigenvalue weighted by atomic mass is 16.5. The largest absolute Gasteiger partial charge is 0.494 e. The van der Waals surface area contributed by atoms with E-state index in [0.29, 0.717) is 54.0 Å². The van der Waals surface area contributed by atoms with Crippen molar-refractivity contribution in [1.29, 1.82) is 0 Å². The van der Waals surface area contributed by atoms with Gasteiger partial charge in [-0.1, -0.05) is 25.5 Å². The Labute approximate surface area is 249 Å². The van der Waals surface area contributed by atoms with Crippen LogP contribution in [0.5, 0.6) is 23.0 Å². The van der Waals surface area contributed by atoms with E-state index in [1.807, 2.05) is 36.4 Å². The number of benzene rings is 3. The molecule has 0 bridgehead atoms. The van der Waals surface area contributed by atoms with E-state index in [1.165, 1.54) is 0 Å². The lowest BCUT2D eigenvalue weighted by molar-refractivity contribution is 0.0734. The van der Waals surface area contributed by atoms with Crippen molar-refractivity contribution in [1.82, 2.24) is 0 Å². The van der Waals surface area contributed by atoms with Crippen LogP contribution in [0.15, 0.2) is 102 Å². The van der Waals surface area contributed by atoms with Crippen LogP contribution in [0, 0.1) is 0 Å². The normalized spacial score (nSPS) is 10.8. The first-order chi connectivity index (χ1) is 20.6. The van der Waals surface area contributed by atoms with E-state index in [2.05, 4.69) is 30.3 Å². The molecule has 222 valence electrons. The van der Waals surface area contributed by atoms with E-state index in [1.54, 1.807) is 42.5 Å². The number of ether oxygens (including phenoxy) is 4. The van der Waals surface area contributed by atoms with Gasteiger partial charge in [-0.2, -0.15) is 5.11 Å². The van der Waals surface area contributed by atoms with Gasteiger partial charge in [0.15, 0.2) is 5.75 Å². The Bertz CT molecular complexity index is 1270. The number of hydrogen-bond acceptors (Lipinski definition) is 7. The lowest BCUT2D eigenvalue weighted by Crippen LogP contribution is -2.08. The summed E-state index contributed by atoms with van der Waals surface area (Å²) in [5, 5.41) is 8.78. The maximum absolute atomic E-state index is 12.8. The zero-order valence-electron chi connectivity index (χ0n) is 24.6. The second kappa shape index (κ2) is 18.9.